The molecule has 1 N–H and O–H groups in total. The predicted molar refractivity (Wildman–Crippen MR) is 96.3 cm³/mol. The Hall–Kier alpha value is -2.14. The van der Waals surface area contributed by atoms with Crippen molar-refractivity contribution in [2.75, 3.05) is 12.0 Å². The summed E-state index contributed by atoms with van der Waals surface area (Å²) in [6.07, 6.45) is 1.80. The van der Waals surface area contributed by atoms with Crippen molar-refractivity contribution in [3.8, 4) is 0 Å². The van der Waals surface area contributed by atoms with E-state index < -0.39 is 15.8 Å². The molecule has 5 heteroatoms. The summed E-state index contributed by atoms with van der Waals surface area (Å²) in [6.45, 7) is 1.64. The average molecular weight is 345 g/mol. The van der Waals surface area contributed by atoms with Gasteiger partial charge in [0.1, 0.15) is 9.84 Å². The van der Waals surface area contributed by atoms with E-state index in [1.807, 2.05) is 60.7 Å². The van der Waals surface area contributed by atoms with Crippen LogP contribution in [0.4, 0.5) is 0 Å². The SMILES string of the molecule is CC(CS(C)(=O)=O)C(=O)NC(Cc1ccccc1)c1ccccc1. The number of nitrogens with one attached hydrogen (secondary N) is 1. The van der Waals surface area contributed by atoms with Crippen LogP contribution in [0.5, 0.6) is 0 Å². The fourth-order valence-electron chi connectivity index (χ4n) is 2.63. The molecule has 0 aromatic heterocycles. The summed E-state index contributed by atoms with van der Waals surface area (Å²) in [5.74, 6) is -0.974. The molecule has 2 aromatic carbocycles. The largest absolute Gasteiger partial charge is 0.349 e. The molecule has 0 spiro atoms. The highest BCUT2D eigenvalue weighted by Crippen LogP contribution is 2.19. The van der Waals surface area contributed by atoms with Crippen molar-refractivity contribution in [3.05, 3.63) is 71.8 Å². The molecule has 2 rings (SSSR count). The van der Waals surface area contributed by atoms with Crippen LogP contribution in [-0.2, 0) is 21.1 Å². The molecule has 2 aromatic rings. The maximum absolute atomic E-state index is 12.4. The topological polar surface area (TPSA) is 63.2 Å². The lowest BCUT2D eigenvalue weighted by molar-refractivity contribution is -0.124. The first-order chi connectivity index (χ1) is 11.3. The third-order valence-electron chi connectivity index (χ3n) is 3.80. The highest BCUT2D eigenvalue weighted by Gasteiger charge is 2.22. The number of rotatable bonds is 7. The van der Waals surface area contributed by atoms with E-state index in [2.05, 4.69) is 5.32 Å². The van der Waals surface area contributed by atoms with Gasteiger partial charge in [-0.2, -0.15) is 0 Å². The zero-order valence-corrected chi connectivity index (χ0v) is 14.8. The van der Waals surface area contributed by atoms with Gasteiger partial charge in [-0.05, 0) is 17.5 Å². The molecule has 4 nitrogen and oxygen atoms in total. The number of hydrogen-bond donors (Lipinski definition) is 1. The van der Waals surface area contributed by atoms with Crippen LogP contribution in [0.25, 0.3) is 0 Å². The van der Waals surface area contributed by atoms with Crippen molar-refractivity contribution in [2.45, 2.75) is 19.4 Å². The van der Waals surface area contributed by atoms with E-state index in [4.69, 9.17) is 0 Å². The van der Waals surface area contributed by atoms with Gasteiger partial charge in [-0.3, -0.25) is 4.79 Å². The third-order valence-corrected chi connectivity index (χ3v) is 4.91. The average Bonchev–Trinajstić information content (AvgIpc) is 2.54. The normalized spacial score (nSPS) is 13.9. The fraction of sp³-hybridized carbons (Fsp3) is 0.316. The molecule has 2 unspecified atom stereocenters. The van der Waals surface area contributed by atoms with Crippen LogP contribution < -0.4 is 5.32 Å². The van der Waals surface area contributed by atoms with Crippen LogP contribution in [0.1, 0.15) is 24.1 Å². The number of amides is 1. The lowest BCUT2D eigenvalue weighted by atomic mass is 9.98. The summed E-state index contributed by atoms with van der Waals surface area (Å²) >= 11 is 0. The monoisotopic (exact) mass is 345 g/mol. The molecule has 128 valence electrons. The molecule has 1 amide bonds. The summed E-state index contributed by atoms with van der Waals surface area (Å²) in [4.78, 5) is 12.4. The minimum atomic E-state index is -3.19. The van der Waals surface area contributed by atoms with Gasteiger partial charge >= 0.3 is 0 Å². The van der Waals surface area contributed by atoms with Gasteiger partial charge in [-0.15, -0.1) is 0 Å². The standard InChI is InChI=1S/C19H23NO3S/c1-15(14-24(2,22)23)19(21)20-18(17-11-7-4-8-12-17)13-16-9-5-3-6-10-16/h3-12,15,18H,13-14H2,1-2H3,(H,20,21). The smallest absolute Gasteiger partial charge is 0.224 e. The van der Waals surface area contributed by atoms with E-state index in [9.17, 15) is 13.2 Å². The zero-order valence-electron chi connectivity index (χ0n) is 14.0. The second-order valence-corrected chi connectivity index (χ2v) is 8.34. The van der Waals surface area contributed by atoms with E-state index >= 15 is 0 Å². The summed E-state index contributed by atoms with van der Waals surface area (Å²) < 4.78 is 22.8. The maximum Gasteiger partial charge on any atom is 0.224 e. The zero-order chi connectivity index (χ0) is 17.6. The minimum absolute atomic E-state index is 0.147. The van der Waals surface area contributed by atoms with Crippen LogP contribution in [0.15, 0.2) is 60.7 Å². The van der Waals surface area contributed by atoms with Crippen molar-refractivity contribution < 1.29 is 13.2 Å². The van der Waals surface area contributed by atoms with Crippen molar-refractivity contribution >= 4 is 15.7 Å². The third kappa shape index (κ3) is 5.81. The molecule has 24 heavy (non-hydrogen) atoms. The van der Waals surface area contributed by atoms with Crippen molar-refractivity contribution in [3.63, 3.8) is 0 Å². The lowest BCUT2D eigenvalue weighted by Gasteiger charge is -2.21. The Kier molecular flexibility index (Phi) is 6.15. The Balaban J connectivity index is 2.16. The molecule has 0 aliphatic carbocycles. The van der Waals surface area contributed by atoms with Gasteiger partial charge in [-0.1, -0.05) is 67.6 Å². The molecule has 0 aliphatic rings. The Morgan fingerprint density at radius 1 is 1.00 bits per heavy atom. The van der Waals surface area contributed by atoms with Gasteiger partial charge in [0.2, 0.25) is 5.91 Å². The van der Waals surface area contributed by atoms with Gasteiger partial charge in [0, 0.05) is 12.2 Å². The second kappa shape index (κ2) is 8.11. The molecule has 0 bridgehead atoms. The van der Waals surface area contributed by atoms with Crippen LogP contribution in [0, 0.1) is 5.92 Å². The Labute approximate surface area is 143 Å². The maximum atomic E-state index is 12.4. The molecule has 0 fully saturated rings. The number of carbonyl (C=O) groups excluding carboxylic acids is 1. The highest BCUT2D eigenvalue weighted by molar-refractivity contribution is 7.90. The Bertz CT molecular complexity index is 758. The van der Waals surface area contributed by atoms with Gasteiger partial charge in [0.15, 0.2) is 0 Å². The van der Waals surface area contributed by atoms with Crippen LogP contribution in [-0.4, -0.2) is 26.3 Å². The minimum Gasteiger partial charge on any atom is -0.349 e. The molecule has 0 saturated heterocycles. The number of carbonyl (C=O) groups is 1. The molecule has 0 heterocycles. The predicted octanol–water partition coefficient (Wildman–Crippen LogP) is 2.77. The molecule has 0 saturated carbocycles. The van der Waals surface area contributed by atoms with Gasteiger partial charge < -0.3 is 5.32 Å². The highest BCUT2D eigenvalue weighted by atomic mass is 32.2. The quantitative estimate of drug-likeness (QED) is 0.839. The van der Waals surface area contributed by atoms with Crippen molar-refractivity contribution in [2.24, 2.45) is 5.92 Å². The van der Waals surface area contributed by atoms with Crippen LogP contribution >= 0.6 is 0 Å². The van der Waals surface area contributed by atoms with Crippen LogP contribution in [0.2, 0.25) is 0 Å². The van der Waals surface area contributed by atoms with Gasteiger partial charge in [0.05, 0.1) is 11.8 Å². The summed E-state index contributed by atoms with van der Waals surface area (Å²) in [5.41, 5.74) is 2.11. The molecular weight excluding hydrogens is 322 g/mol. The fourth-order valence-corrected chi connectivity index (χ4v) is 3.69. The molecule has 0 radical (unpaired) electrons. The lowest BCUT2D eigenvalue weighted by Crippen LogP contribution is -2.36. The van der Waals surface area contributed by atoms with E-state index in [1.165, 1.54) is 0 Å². The molecule has 2 atom stereocenters. The van der Waals surface area contributed by atoms with Gasteiger partial charge in [0.25, 0.3) is 0 Å². The first-order valence-electron chi connectivity index (χ1n) is 7.92. The number of benzene rings is 2. The van der Waals surface area contributed by atoms with Crippen molar-refractivity contribution in [1.29, 1.82) is 0 Å². The van der Waals surface area contributed by atoms with E-state index in [-0.39, 0.29) is 17.7 Å². The summed E-state index contributed by atoms with van der Waals surface area (Å²) in [5, 5.41) is 3.00. The molecular formula is C19H23NO3S. The Morgan fingerprint density at radius 3 is 2.08 bits per heavy atom. The van der Waals surface area contributed by atoms with E-state index in [0.29, 0.717) is 6.42 Å². The molecule has 0 aliphatic heterocycles. The summed E-state index contributed by atoms with van der Waals surface area (Å²) in [6, 6.07) is 19.4. The number of sulfone groups is 1. The first kappa shape index (κ1) is 18.2. The van der Waals surface area contributed by atoms with Crippen LogP contribution in [0.3, 0.4) is 0 Å². The van der Waals surface area contributed by atoms with E-state index in [1.54, 1.807) is 6.92 Å². The second-order valence-electron chi connectivity index (χ2n) is 6.16. The first-order valence-corrected chi connectivity index (χ1v) is 9.98. The number of hydrogen-bond acceptors (Lipinski definition) is 3. The Morgan fingerprint density at radius 2 is 1.54 bits per heavy atom. The summed E-state index contributed by atoms with van der Waals surface area (Å²) in [7, 11) is -3.19. The van der Waals surface area contributed by atoms with Crippen molar-refractivity contribution in [1.82, 2.24) is 5.32 Å². The van der Waals surface area contributed by atoms with Gasteiger partial charge in [-0.25, -0.2) is 8.42 Å². The van der Waals surface area contributed by atoms with E-state index in [0.717, 1.165) is 17.4 Å².